The fourth-order valence-corrected chi connectivity index (χ4v) is 3.09. The van der Waals surface area contributed by atoms with Crippen molar-refractivity contribution in [2.24, 2.45) is 0 Å². The first-order valence-electron chi connectivity index (χ1n) is 4.82. The van der Waals surface area contributed by atoms with E-state index in [-0.39, 0.29) is 5.25 Å². The minimum atomic E-state index is -0.729. The van der Waals surface area contributed by atoms with Crippen molar-refractivity contribution < 1.29 is 9.90 Å². The molecule has 0 fully saturated rings. The molecule has 1 rings (SSSR count). The van der Waals surface area contributed by atoms with Crippen LogP contribution in [0.2, 0.25) is 0 Å². The Hall–Kier alpha value is -0.550. The van der Waals surface area contributed by atoms with Crippen molar-refractivity contribution in [3.63, 3.8) is 0 Å². The highest BCUT2D eigenvalue weighted by Gasteiger charge is 2.16. The molecule has 1 unspecified atom stereocenters. The Morgan fingerprint density at radius 3 is 2.67 bits per heavy atom. The summed E-state index contributed by atoms with van der Waals surface area (Å²) in [7, 11) is 0. The molecule has 0 bridgehead atoms. The number of hydrogen-bond donors (Lipinski definition) is 1. The van der Waals surface area contributed by atoms with Crippen molar-refractivity contribution in [1.29, 1.82) is 0 Å². The van der Waals surface area contributed by atoms with E-state index in [1.807, 2.05) is 20.8 Å². The van der Waals surface area contributed by atoms with Crippen molar-refractivity contribution in [3.8, 4) is 0 Å². The van der Waals surface area contributed by atoms with Crippen molar-refractivity contribution in [3.05, 3.63) is 15.6 Å². The van der Waals surface area contributed by atoms with Crippen LogP contribution in [0, 0.1) is 13.8 Å². The lowest BCUT2D eigenvalue weighted by Gasteiger charge is -2.06. The first kappa shape index (κ1) is 12.5. The normalized spacial score (nSPS) is 12.7. The zero-order valence-corrected chi connectivity index (χ0v) is 10.7. The van der Waals surface area contributed by atoms with Gasteiger partial charge in [-0.05, 0) is 20.3 Å². The summed E-state index contributed by atoms with van der Waals surface area (Å²) in [5.41, 5.74) is 1.05. The summed E-state index contributed by atoms with van der Waals surface area (Å²) >= 11 is 3.11. The van der Waals surface area contributed by atoms with Gasteiger partial charge in [-0.25, -0.2) is 4.98 Å². The molecule has 1 N–H and O–H groups in total. The first-order chi connectivity index (χ1) is 7.04. The maximum atomic E-state index is 10.8. The van der Waals surface area contributed by atoms with Gasteiger partial charge in [0.1, 0.15) is 10.3 Å². The molecule has 1 heterocycles. The molecular formula is C10H15NO2S2. The van der Waals surface area contributed by atoms with E-state index in [2.05, 4.69) is 4.98 Å². The Morgan fingerprint density at radius 2 is 2.27 bits per heavy atom. The summed E-state index contributed by atoms with van der Waals surface area (Å²) in [6, 6.07) is 0. The van der Waals surface area contributed by atoms with Crippen LogP contribution in [-0.2, 0) is 10.5 Å². The topological polar surface area (TPSA) is 50.2 Å². The van der Waals surface area contributed by atoms with Gasteiger partial charge in [0.25, 0.3) is 0 Å². The number of rotatable bonds is 5. The number of carboxylic acids is 1. The van der Waals surface area contributed by atoms with Crippen molar-refractivity contribution in [1.82, 2.24) is 4.98 Å². The third-order valence-electron chi connectivity index (χ3n) is 2.13. The number of carboxylic acid groups (broad SMARTS) is 1. The Kier molecular flexibility index (Phi) is 4.60. The average molecular weight is 245 g/mol. The summed E-state index contributed by atoms with van der Waals surface area (Å²) in [6.45, 7) is 5.91. The van der Waals surface area contributed by atoms with Gasteiger partial charge in [-0.2, -0.15) is 0 Å². The predicted molar refractivity (Wildman–Crippen MR) is 64.6 cm³/mol. The molecule has 3 nitrogen and oxygen atoms in total. The summed E-state index contributed by atoms with van der Waals surface area (Å²) in [5, 5.41) is 9.59. The molecule has 5 heteroatoms. The highest BCUT2D eigenvalue weighted by atomic mass is 32.2. The first-order valence-corrected chi connectivity index (χ1v) is 6.68. The maximum Gasteiger partial charge on any atom is 0.316 e. The number of aryl methyl sites for hydroxylation is 2. The van der Waals surface area contributed by atoms with Crippen LogP contribution < -0.4 is 0 Å². The molecule has 1 atom stereocenters. The average Bonchev–Trinajstić information content (AvgIpc) is 2.47. The van der Waals surface area contributed by atoms with Crippen molar-refractivity contribution in [2.45, 2.75) is 38.2 Å². The number of aromatic nitrogens is 1. The lowest BCUT2D eigenvalue weighted by atomic mass is 10.3. The van der Waals surface area contributed by atoms with Crippen LogP contribution in [0.15, 0.2) is 0 Å². The standard InChI is InChI=1S/C10H15NO2S2/c1-4-8(10(12)13)14-5-9-11-6(2)7(3)15-9/h8H,4-5H2,1-3H3,(H,12,13). The highest BCUT2D eigenvalue weighted by Crippen LogP contribution is 2.24. The van der Waals surface area contributed by atoms with Crippen LogP contribution in [0.4, 0.5) is 0 Å². The molecule has 0 saturated heterocycles. The van der Waals surface area contributed by atoms with E-state index in [0.29, 0.717) is 12.2 Å². The summed E-state index contributed by atoms with van der Waals surface area (Å²) in [4.78, 5) is 16.4. The van der Waals surface area contributed by atoms with E-state index in [9.17, 15) is 4.79 Å². The Morgan fingerprint density at radius 1 is 1.60 bits per heavy atom. The molecule has 0 spiro atoms. The maximum absolute atomic E-state index is 10.8. The minimum absolute atomic E-state index is 0.311. The monoisotopic (exact) mass is 245 g/mol. The lowest BCUT2D eigenvalue weighted by Crippen LogP contribution is -2.14. The molecular weight excluding hydrogens is 230 g/mol. The highest BCUT2D eigenvalue weighted by molar-refractivity contribution is 7.99. The van der Waals surface area contributed by atoms with E-state index in [1.54, 1.807) is 11.3 Å². The van der Waals surface area contributed by atoms with Gasteiger partial charge in [0.15, 0.2) is 0 Å². The summed E-state index contributed by atoms with van der Waals surface area (Å²) in [6.07, 6.45) is 0.656. The predicted octanol–water partition coefficient (Wildman–Crippen LogP) is 2.86. The second kappa shape index (κ2) is 5.51. The lowest BCUT2D eigenvalue weighted by molar-refractivity contribution is -0.136. The molecule has 0 aliphatic heterocycles. The van der Waals surface area contributed by atoms with Gasteiger partial charge in [-0.3, -0.25) is 4.79 Å². The number of aliphatic carboxylic acids is 1. The molecule has 1 aromatic heterocycles. The van der Waals surface area contributed by atoms with Crippen molar-refractivity contribution in [2.75, 3.05) is 0 Å². The number of nitrogens with zero attached hydrogens (tertiary/aromatic N) is 1. The zero-order valence-electron chi connectivity index (χ0n) is 9.11. The molecule has 0 saturated carbocycles. The zero-order chi connectivity index (χ0) is 11.4. The van der Waals surface area contributed by atoms with Gasteiger partial charge in [0.05, 0.1) is 5.69 Å². The van der Waals surface area contributed by atoms with Crippen LogP contribution in [0.5, 0.6) is 0 Å². The Bertz CT molecular complexity index is 330. The van der Waals surface area contributed by atoms with Crippen LogP contribution in [0.3, 0.4) is 0 Å². The fourth-order valence-electron chi connectivity index (χ4n) is 1.14. The fraction of sp³-hybridized carbons (Fsp3) is 0.600. The third-order valence-corrected chi connectivity index (χ3v) is 4.76. The Balaban J connectivity index is 2.52. The molecule has 84 valence electrons. The van der Waals surface area contributed by atoms with E-state index < -0.39 is 5.97 Å². The van der Waals surface area contributed by atoms with Gasteiger partial charge in [-0.15, -0.1) is 23.1 Å². The van der Waals surface area contributed by atoms with Gasteiger partial charge < -0.3 is 5.11 Å². The van der Waals surface area contributed by atoms with Crippen LogP contribution in [0.1, 0.15) is 28.9 Å². The van der Waals surface area contributed by atoms with Gasteiger partial charge >= 0.3 is 5.97 Å². The van der Waals surface area contributed by atoms with Crippen LogP contribution in [0.25, 0.3) is 0 Å². The summed E-state index contributed by atoms with van der Waals surface area (Å²) < 4.78 is 0. The van der Waals surface area contributed by atoms with Crippen LogP contribution in [-0.4, -0.2) is 21.3 Å². The molecule has 0 aliphatic rings. The summed E-state index contributed by atoms with van der Waals surface area (Å²) in [5.74, 6) is -0.0306. The second-order valence-electron chi connectivity index (χ2n) is 3.30. The number of hydrogen-bond acceptors (Lipinski definition) is 4. The SMILES string of the molecule is CCC(SCc1nc(C)c(C)s1)C(=O)O. The number of thiazole rings is 1. The van der Waals surface area contributed by atoms with E-state index in [1.165, 1.54) is 16.6 Å². The molecule has 15 heavy (non-hydrogen) atoms. The molecule has 0 amide bonds. The van der Waals surface area contributed by atoms with Crippen molar-refractivity contribution >= 4 is 29.1 Å². The van der Waals surface area contributed by atoms with Gasteiger partial charge in [0, 0.05) is 10.6 Å². The largest absolute Gasteiger partial charge is 0.480 e. The van der Waals surface area contributed by atoms with E-state index in [0.717, 1.165) is 10.7 Å². The number of carbonyl (C=O) groups is 1. The van der Waals surface area contributed by atoms with Gasteiger partial charge in [-0.1, -0.05) is 6.92 Å². The van der Waals surface area contributed by atoms with E-state index >= 15 is 0 Å². The number of thioether (sulfide) groups is 1. The quantitative estimate of drug-likeness (QED) is 0.866. The molecule has 0 aliphatic carbocycles. The van der Waals surface area contributed by atoms with Gasteiger partial charge in [0.2, 0.25) is 0 Å². The molecule has 0 aromatic carbocycles. The third kappa shape index (κ3) is 3.50. The molecule has 0 radical (unpaired) electrons. The van der Waals surface area contributed by atoms with E-state index in [4.69, 9.17) is 5.11 Å². The Labute approximate surface area is 97.9 Å². The minimum Gasteiger partial charge on any atom is -0.480 e. The second-order valence-corrected chi connectivity index (χ2v) is 5.77. The smallest absolute Gasteiger partial charge is 0.316 e. The van der Waals surface area contributed by atoms with Crippen LogP contribution >= 0.6 is 23.1 Å². The molecule has 1 aromatic rings.